The van der Waals surface area contributed by atoms with Crippen molar-refractivity contribution in [1.29, 1.82) is 0 Å². The Morgan fingerprint density at radius 2 is 1.06 bits per heavy atom. The van der Waals surface area contributed by atoms with E-state index in [1.807, 2.05) is 22.7 Å². The fourth-order valence-electron chi connectivity index (χ4n) is 5.42. The van der Waals surface area contributed by atoms with Crippen LogP contribution in [0.1, 0.15) is 90.2 Å². The summed E-state index contributed by atoms with van der Waals surface area (Å²) in [5, 5.41) is 10.5. The lowest BCUT2D eigenvalue weighted by Crippen LogP contribution is -2.10. The van der Waals surface area contributed by atoms with Crippen LogP contribution in [-0.2, 0) is 12.8 Å². The third kappa shape index (κ3) is 4.92. The van der Waals surface area contributed by atoms with Crippen molar-refractivity contribution in [1.82, 2.24) is 0 Å². The third-order valence-corrected chi connectivity index (χ3v) is 9.55. The minimum absolute atomic E-state index is 0.810. The smallest absolute Gasteiger partial charge is 0.0527 e. The van der Waals surface area contributed by atoms with Gasteiger partial charge in [-0.15, -0.1) is 22.7 Å². The maximum atomic E-state index is 2.61. The molecule has 0 N–H and O–H groups in total. The molecule has 0 aliphatic rings. The van der Waals surface area contributed by atoms with Gasteiger partial charge in [0.2, 0.25) is 0 Å². The first kappa shape index (κ1) is 23.8. The molecule has 32 heavy (non-hydrogen) atoms. The summed E-state index contributed by atoms with van der Waals surface area (Å²) in [7, 11) is 0. The summed E-state index contributed by atoms with van der Waals surface area (Å²) in [5.41, 5.74) is 3.27. The van der Waals surface area contributed by atoms with Crippen molar-refractivity contribution < 1.29 is 0 Å². The molecule has 4 rings (SSSR count). The van der Waals surface area contributed by atoms with E-state index in [9.17, 15) is 0 Å². The molecule has 0 fully saturated rings. The van der Waals surface area contributed by atoms with Crippen molar-refractivity contribution in [3.05, 3.63) is 46.2 Å². The number of fused-ring (bicyclic) bond motifs is 6. The Bertz CT molecular complexity index is 1050. The summed E-state index contributed by atoms with van der Waals surface area (Å²) in [6, 6.07) is 9.93. The summed E-state index contributed by atoms with van der Waals surface area (Å²) in [6.07, 6.45) is 13.2. The Kier molecular flexibility index (Phi) is 8.29. The van der Waals surface area contributed by atoms with Crippen LogP contribution in [0.15, 0.2) is 35.0 Å². The second kappa shape index (κ2) is 11.2. The van der Waals surface area contributed by atoms with E-state index >= 15 is 0 Å². The summed E-state index contributed by atoms with van der Waals surface area (Å²) in [6.45, 7) is 9.44. The second-order valence-corrected chi connectivity index (χ2v) is 11.6. The molecule has 2 atom stereocenters. The Morgan fingerprint density at radius 1 is 0.625 bits per heavy atom. The van der Waals surface area contributed by atoms with Gasteiger partial charge in [-0.2, -0.15) is 0 Å². The van der Waals surface area contributed by atoms with Crippen molar-refractivity contribution in [2.75, 3.05) is 0 Å². The van der Waals surface area contributed by atoms with Crippen LogP contribution in [0.2, 0.25) is 0 Å². The highest BCUT2D eigenvalue weighted by atomic mass is 32.1. The van der Waals surface area contributed by atoms with Crippen LogP contribution in [-0.4, -0.2) is 0 Å². The van der Waals surface area contributed by atoms with E-state index in [1.54, 1.807) is 11.1 Å². The Labute approximate surface area is 203 Å². The number of unbranched alkanes of at least 4 members (excludes halogenated alkanes) is 2. The van der Waals surface area contributed by atoms with Gasteiger partial charge in [-0.05, 0) is 69.5 Å². The van der Waals surface area contributed by atoms with Crippen molar-refractivity contribution in [2.45, 2.75) is 91.9 Å². The SMILES string of the molecule is CCCCC(CC)Cc1cc2c(cc1C[C@H](CC)CCCC)c1ccsc1c1sccc21. The molecule has 0 saturated carbocycles. The van der Waals surface area contributed by atoms with Crippen molar-refractivity contribution in [3.8, 4) is 0 Å². The van der Waals surface area contributed by atoms with Crippen LogP contribution < -0.4 is 0 Å². The molecule has 0 aliphatic carbocycles. The van der Waals surface area contributed by atoms with E-state index in [4.69, 9.17) is 0 Å². The van der Waals surface area contributed by atoms with E-state index in [1.165, 1.54) is 95.2 Å². The topological polar surface area (TPSA) is 0 Å². The first-order valence-corrected chi connectivity index (χ1v) is 14.8. The van der Waals surface area contributed by atoms with E-state index in [0.29, 0.717) is 0 Å². The van der Waals surface area contributed by atoms with Crippen LogP contribution in [0.5, 0.6) is 0 Å². The average molecular weight is 465 g/mol. The van der Waals surface area contributed by atoms with Gasteiger partial charge < -0.3 is 0 Å². The van der Waals surface area contributed by atoms with Gasteiger partial charge in [0, 0.05) is 10.8 Å². The summed E-state index contributed by atoms with van der Waals surface area (Å²) in [5.74, 6) is 1.62. The van der Waals surface area contributed by atoms with E-state index in [2.05, 4.69) is 62.7 Å². The zero-order valence-corrected chi connectivity index (χ0v) is 22.1. The second-order valence-electron chi connectivity index (χ2n) is 9.73. The molecule has 1 unspecified atom stereocenters. The van der Waals surface area contributed by atoms with Crippen LogP contribution >= 0.6 is 22.7 Å². The molecule has 0 aliphatic heterocycles. The summed E-state index contributed by atoms with van der Waals surface area (Å²) >= 11 is 3.82. The van der Waals surface area contributed by atoms with Crippen LogP contribution in [0.4, 0.5) is 0 Å². The number of benzene rings is 2. The molecule has 172 valence electrons. The molecule has 2 heterocycles. The quantitative estimate of drug-likeness (QED) is 0.195. The number of rotatable bonds is 12. The van der Waals surface area contributed by atoms with Crippen LogP contribution in [0.25, 0.3) is 30.9 Å². The van der Waals surface area contributed by atoms with E-state index < -0.39 is 0 Å². The van der Waals surface area contributed by atoms with E-state index in [0.717, 1.165) is 11.8 Å². The van der Waals surface area contributed by atoms with Gasteiger partial charge in [0.15, 0.2) is 0 Å². The van der Waals surface area contributed by atoms with Gasteiger partial charge in [0.25, 0.3) is 0 Å². The van der Waals surface area contributed by atoms with Gasteiger partial charge in [0.05, 0.1) is 9.40 Å². The Hall–Kier alpha value is -1.38. The number of hydrogen-bond acceptors (Lipinski definition) is 2. The zero-order chi connectivity index (χ0) is 22.5. The van der Waals surface area contributed by atoms with E-state index in [-0.39, 0.29) is 0 Å². The number of hydrogen-bond donors (Lipinski definition) is 0. The number of thiophene rings is 2. The molecule has 0 saturated heterocycles. The predicted molar refractivity (Wildman–Crippen MR) is 149 cm³/mol. The lowest BCUT2D eigenvalue weighted by atomic mass is 9.83. The molecular weight excluding hydrogens is 424 g/mol. The van der Waals surface area contributed by atoms with Gasteiger partial charge >= 0.3 is 0 Å². The molecule has 0 nitrogen and oxygen atoms in total. The molecule has 2 heteroatoms. The highest BCUT2D eigenvalue weighted by Crippen LogP contribution is 2.42. The molecule has 0 spiro atoms. The van der Waals surface area contributed by atoms with Crippen molar-refractivity contribution in [3.63, 3.8) is 0 Å². The van der Waals surface area contributed by atoms with Crippen LogP contribution in [0.3, 0.4) is 0 Å². The summed E-state index contributed by atoms with van der Waals surface area (Å²) in [4.78, 5) is 0. The largest absolute Gasteiger partial charge is 0.142 e. The minimum atomic E-state index is 0.810. The fraction of sp³-hybridized carbons (Fsp3) is 0.533. The molecule has 0 bridgehead atoms. The van der Waals surface area contributed by atoms with Crippen molar-refractivity contribution >= 4 is 53.6 Å². The Balaban J connectivity index is 1.84. The highest BCUT2D eigenvalue weighted by Gasteiger charge is 2.18. The Morgan fingerprint density at radius 3 is 1.44 bits per heavy atom. The fourth-order valence-corrected chi connectivity index (χ4v) is 7.43. The van der Waals surface area contributed by atoms with Crippen LogP contribution in [0, 0.1) is 11.8 Å². The zero-order valence-electron chi connectivity index (χ0n) is 20.5. The monoisotopic (exact) mass is 464 g/mol. The van der Waals surface area contributed by atoms with Gasteiger partial charge in [-0.3, -0.25) is 0 Å². The first-order valence-electron chi connectivity index (χ1n) is 13.0. The highest BCUT2D eigenvalue weighted by molar-refractivity contribution is 7.25. The van der Waals surface area contributed by atoms with Gasteiger partial charge in [-0.25, -0.2) is 0 Å². The molecule has 4 aromatic rings. The molecular formula is C30H40S2. The molecule has 0 amide bonds. The lowest BCUT2D eigenvalue weighted by molar-refractivity contribution is 0.434. The molecule has 2 aromatic carbocycles. The standard InChI is InChI=1S/C30H40S2/c1-5-9-11-21(7-3)17-23-19-27-25-13-15-31-29(25)30-26(14-16-32-30)28(27)20-24(23)18-22(8-4)12-10-6-2/h13-16,19-22H,5-12,17-18H2,1-4H3/t21-,22?/m1/s1. The van der Waals surface area contributed by atoms with Crippen molar-refractivity contribution in [2.24, 2.45) is 11.8 Å². The third-order valence-electron chi connectivity index (χ3n) is 7.56. The van der Waals surface area contributed by atoms with Gasteiger partial charge in [-0.1, -0.05) is 91.2 Å². The van der Waals surface area contributed by atoms with Gasteiger partial charge in [0.1, 0.15) is 0 Å². The molecule has 0 radical (unpaired) electrons. The molecule has 2 aromatic heterocycles. The maximum absolute atomic E-state index is 2.61. The normalized spacial score (nSPS) is 14.0. The summed E-state index contributed by atoms with van der Waals surface area (Å²) < 4.78 is 2.96. The lowest BCUT2D eigenvalue weighted by Gasteiger charge is -2.22. The minimum Gasteiger partial charge on any atom is -0.142 e. The maximum Gasteiger partial charge on any atom is 0.0527 e. The first-order chi connectivity index (χ1) is 15.7. The average Bonchev–Trinajstić information content (AvgIpc) is 3.49. The predicted octanol–water partition coefficient (Wildman–Crippen LogP) is 10.8.